The van der Waals surface area contributed by atoms with Crippen LogP contribution in [0.4, 0.5) is 0 Å². The normalized spacial score (nSPS) is 11.9. The number of ether oxygens (including phenoxy) is 2. The third-order valence-corrected chi connectivity index (χ3v) is 10.4. The van der Waals surface area contributed by atoms with Crippen LogP contribution in [0.5, 0.6) is 0 Å². The number of carbonyl (C=O) groups excluding carboxylic acids is 2. The Labute approximate surface area is 318 Å². The second-order valence-electron chi connectivity index (χ2n) is 14.3. The molecule has 1 rings (SSSR count). The maximum Gasteiger partial charge on any atom is 0.340 e. The first-order chi connectivity index (χ1) is 25.3. The smallest absolute Gasteiger partial charge is 0.340 e. The van der Waals surface area contributed by atoms with Crippen molar-refractivity contribution < 1.29 is 32.0 Å². The molecular weight excluding hydrogens is 673 g/mol. The zero-order chi connectivity index (χ0) is 38.0. The van der Waals surface area contributed by atoms with E-state index in [1.54, 1.807) is 0 Å². The molecule has 0 aliphatic rings. The number of hydrogen-bond acceptors (Lipinski definition) is 6. The predicted molar refractivity (Wildman–Crippen MR) is 216 cm³/mol. The number of esters is 2. The van der Waals surface area contributed by atoms with Crippen molar-refractivity contribution in [3.63, 3.8) is 0 Å². The maximum absolute atomic E-state index is 13.0. The molecule has 0 heterocycles. The lowest BCUT2D eigenvalue weighted by Gasteiger charge is -2.13. The quantitative estimate of drug-likeness (QED) is 0.0319. The Hall–Kier alpha value is -2.45. The summed E-state index contributed by atoms with van der Waals surface area (Å²) in [7, 11) is -4.77. The van der Waals surface area contributed by atoms with Crippen molar-refractivity contribution in [3.05, 3.63) is 53.6 Å². The molecule has 0 radical (unpaired) electrons. The highest BCUT2D eigenvalue weighted by molar-refractivity contribution is 7.86. The Morgan fingerprint density at radius 3 is 1.25 bits per heavy atom. The first-order valence-corrected chi connectivity index (χ1v) is 22.5. The highest BCUT2D eigenvalue weighted by Gasteiger charge is 2.28. The third kappa shape index (κ3) is 25.5. The lowest BCUT2D eigenvalue weighted by atomic mass is 10.1. The van der Waals surface area contributed by atoms with Crippen molar-refractivity contribution in [1.29, 1.82) is 0 Å². The van der Waals surface area contributed by atoms with Gasteiger partial charge in [-0.25, -0.2) is 9.59 Å². The van der Waals surface area contributed by atoms with Crippen molar-refractivity contribution in [2.75, 3.05) is 13.2 Å². The largest absolute Gasteiger partial charge is 0.462 e. The van der Waals surface area contributed by atoms with E-state index in [0.717, 1.165) is 57.4 Å². The summed E-state index contributed by atoms with van der Waals surface area (Å²) < 4.78 is 44.7. The van der Waals surface area contributed by atoms with Crippen LogP contribution < -0.4 is 0 Å². The minimum absolute atomic E-state index is 0.103. The Morgan fingerprint density at radius 2 is 0.865 bits per heavy atom. The topological polar surface area (TPSA) is 107 Å². The summed E-state index contributed by atoms with van der Waals surface area (Å²) in [5, 5.41) is 0. The van der Waals surface area contributed by atoms with Crippen LogP contribution in [0.25, 0.3) is 0 Å². The van der Waals surface area contributed by atoms with E-state index in [1.165, 1.54) is 128 Å². The number of benzene rings is 1. The van der Waals surface area contributed by atoms with Gasteiger partial charge in [-0.05, 0) is 76.3 Å². The average molecular weight is 747 g/mol. The summed E-state index contributed by atoms with van der Waals surface area (Å²) in [5.74, 6) is -1.75. The summed E-state index contributed by atoms with van der Waals surface area (Å²) in [5.41, 5.74) is -0.685. The van der Waals surface area contributed by atoms with Crippen LogP contribution in [0.15, 0.2) is 47.4 Å². The van der Waals surface area contributed by atoms with Crippen LogP contribution in [0.3, 0.4) is 0 Å². The molecule has 52 heavy (non-hydrogen) atoms. The summed E-state index contributed by atoms with van der Waals surface area (Å²) in [6.07, 6.45) is 41.9. The van der Waals surface area contributed by atoms with Crippen molar-refractivity contribution >= 4 is 22.1 Å². The fourth-order valence-corrected chi connectivity index (χ4v) is 7.01. The van der Waals surface area contributed by atoms with Gasteiger partial charge in [0, 0.05) is 0 Å². The monoisotopic (exact) mass is 747 g/mol. The van der Waals surface area contributed by atoms with Crippen molar-refractivity contribution in [2.45, 2.75) is 199 Å². The van der Waals surface area contributed by atoms with Crippen LogP contribution >= 0.6 is 0 Å². The van der Waals surface area contributed by atoms with Gasteiger partial charge >= 0.3 is 11.9 Å². The van der Waals surface area contributed by atoms with Gasteiger partial charge in [0.1, 0.15) is 4.90 Å². The maximum atomic E-state index is 13.0. The Balaban J connectivity index is 2.27. The highest BCUT2D eigenvalue weighted by atomic mass is 32.2. The van der Waals surface area contributed by atoms with Gasteiger partial charge in [-0.3, -0.25) is 4.55 Å². The highest BCUT2D eigenvalue weighted by Crippen LogP contribution is 2.23. The molecule has 0 saturated heterocycles. The van der Waals surface area contributed by atoms with Crippen LogP contribution in [0.2, 0.25) is 0 Å². The Morgan fingerprint density at radius 1 is 0.519 bits per heavy atom. The minimum Gasteiger partial charge on any atom is -0.462 e. The van der Waals surface area contributed by atoms with Crippen molar-refractivity contribution in [2.24, 2.45) is 0 Å². The van der Waals surface area contributed by atoms with Gasteiger partial charge in [-0.1, -0.05) is 160 Å². The number of unbranched alkanes of at least 4 members (excludes halogenated alkanes) is 24. The molecule has 0 aliphatic heterocycles. The van der Waals surface area contributed by atoms with Gasteiger partial charge in [-0.15, -0.1) is 0 Å². The number of carbonyl (C=O) groups is 2. The standard InChI is InChI=1S/C44H74O7S/c1-3-5-7-9-11-13-15-17-19-21-23-25-27-29-31-33-38-50-43(45)40-36-35-37-41(52(47,48)49)42(40)44(46)51-39-34-32-30-28-26-24-22-20-18-16-14-12-10-8-6-4-2/h15-18,35-37H,3-14,19-34,38-39H2,1-2H3,(H,47,48,49)/b17-15+,18-16+. The van der Waals surface area contributed by atoms with E-state index >= 15 is 0 Å². The molecule has 0 aliphatic carbocycles. The minimum atomic E-state index is -4.77. The number of allylic oxidation sites excluding steroid dienone is 4. The lowest BCUT2D eigenvalue weighted by Crippen LogP contribution is -2.19. The van der Waals surface area contributed by atoms with Gasteiger partial charge in [0.2, 0.25) is 0 Å². The van der Waals surface area contributed by atoms with E-state index in [-0.39, 0.29) is 18.8 Å². The summed E-state index contributed by atoms with van der Waals surface area (Å²) in [4.78, 5) is 25.3. The van der Waals surface area contributed by atoms with Crippen molar-refractivity contribution in [3.8, 4) is 0 Å². The predicted octanol–water partition coefficient (Wildman–Crippen LogP) is 13.3. The van der Waals surface area contributed by atoms with Crippen molar-refractivity contribution in [1.82, 2.24) is 0 Å². The first kappa shape index (κ1) is 47.6. The van der Waals surface area contributed by atoms with E-state index in [1.807, 2.05) is 0 Å². The molecule has 0 bridgehead atoms. The molecule has 0 saturated carbocycles. The molecule has 7 nitrogen and oxygen atoms in total. The molecule has 0 atom stereocenters. The van der Waals surface area contributed by atoms with Gasteiger partial charge in [-0.2, -0.15) is 8.42 Å². The van der Waals surface area contributed by atoms with Gasteiger partial charge in [0.25, 0.3) is 10.1 Å². The molecule has 1 N–H and O–H groups in total. The van der Waals surface area contributed by atoms with Crippen LogP contribution in [0, 0.1) is 0 Å². The van der Waals surface area contributed by atoms with Gasteiger partial charge in [0.15, 0.2) is 0 Å². The Bertz CT molecular complexity index is 1200. The summed E-state index contributed by atoms with van der Waals surface area (Å²) in [6, 6.07) is 3.74. The zero-order valence-corrected chi connectivity index (χ0v) is 33.9. The molecule has 0 spiro atoms. The van der Waals surface area contributed by atoms with Gasteiger partial charge < -0.3 is 9.47 Å². The first-order valence-electron chi connectivity index (χ1n) is 21.1. The lowest BCUT2D eigenvalue weighted by molar-refractivity contribution is 0.0446. The molecule has 0 fully saturated rings. The van der Waals surface area contributed by atoms with Crippen LogP contribution in [-0.2, 0) is 19.6 Å². The summed E-state index contributed by atoms with van der Waals surface area (Å²) >= 11 is 0. The second-order valence-corrected chi connectivity index (χ2v) is 15.7. The van der Waals surface area contributed by atoms with Crippen LogP contribution in [0.1, 0.15) is 214 Å². The van der Waals surface area contributed by atoms with E-state index < -0.39 is 32.5 Å². The summed E-state index contributed by atoms with van der Waals surface area (Å²) in [6.45, 7) is 4.76. The molecule has 1 aromatic carbocycles. The van der Waals surface area contributed by atoms with E-state index in [0.29, 0.717) is 12.8 Å². The molecule has 298 valence electrons. The molecule has 1 aromatic rings. The second kappa shape index (κ2) is 33.1. The number of rotatable bonds is 35. The van der Waals surface area contributed by atoms with Gasteiger partial charge in [0.05, 0.1) is 24.3 Å². The molecule has 0 unspecified atom stereocenters. The average Bonchev–Trinajstić information content (AvgIpc) is 3.13. The van der Waals surface area contributed by atoms with Crippen LogP contribution in [-0.4, -0.2) is 38.1 Å². The molecule has 8 heteroatoms. The number of hydrogen-bond donors (Lipinski definition) is 1. The fraction of sp³-hybridized carbons (Fsp3) is 0.727. The zero-order valence-electron chi connectivity index (χ0n) is 33.1. The SMILES string of the molecule is CCCCCCC/C=C/CCCCCCCCCOC(=O)c1cccc(S(=O)(=O)O)c1C(=O)OCCCCCCCCC/C=C/CCCCCCC. The Kier molecular flexibility index (Phi) is 30.3. The van der Waals surface area contributed by atoms with E-state index in [2.05, 4.69) is 38.2 Å². The molecule has 0 amide bonds. The fourth-order valence-electron chi connectivity index (χ4n) is 6.31. The molecule has 0 aromatic heterocycles. The third-order valence-electron chi connectivity index (χ3n) is 9.51. The van der Waals surface area contributed by atoms with E-state index in [4.69, 9.17) is 9.47 Å². The van der Waals surface area contributed by atoms with E-state index in [9.17, 15) is 22.6 Å². The molecular formula is C44H74O7S.